The zero-order valence-electron chi connectivity index (χ0n) is 4.89. The summed E-state index contributed by atoms with van der Waals surface area (Å²) in [6.45, 7) is 2.08. The Balaban J connectivity index is 0.000000490. The second-order valence-electron chi connectivity index (χ2n) is 1.65. The Bertz CT molecular complexity index is 134. The van der Waals surface area contributed by atoms with E-state index in [2.05, 4.69) is 19.1 Å². The summed E-state index contributed by atoms with van der Waals surface area (Å²) in [5, 5.41) is 0. The van der Waals surface area contributed by atoms with Crippen molar-refractivity contribution in [2.45, 2.75) is 6.92 Å². The third kappa shape index (κ3) is 2.36. The van der Waals surface area contributed by atoms with Crippen LogP contribution in [0.15, 0.2) is 30.3 Å². The number of aryl methyl sites for hydroxylation is 1. The van der Waals surface area contributed by atoms with Crippen molar-refractivity contribution < 1.29 is 0 Å². The fraction of sp³-hybridized carbons (Fsp3) is 0.143. The van der Waals surface area contributed by atoms with E-state index in [0.29, 0.717) is 0 Å². The van der Waals surface area contributed by atoms with Gasteiger partial charge in [-0.25, -0.2) is 0 Å². The molecule has 0 saturated carbocycles. The summed E-state index contributed by atoms with van der Waals surface area (Å²) < 4.78 is 0. The minimum atomic E-state index is 0. The predicted octanol–water partition coefficient (Wildman–Crippen LogP) is 1.61. The van der Waals surface area contributed by atoms with E-state index in [4.69, 9.17) is 0 Å². The Morgan fingerprint density at radius 3 is 1.75 bits per heavy atom. The fourth-order valence-electron chi connectivity index (χ4n) is 0.534. The molecule has 0 nitrogen and oxygen atoms in total. The predicted molar refractivity (Wildman–Crippen MR) is 36.9 cm³/mol. The molecule has 0 heterocycles. The van der Waals surface area contributed by atoms with Gasteiger partial charge >= 0.3 is 0 Å². The van der Waals surface area contributed by atoms with Gasteiger partial charge in [0.1, 0.15) is 0 Å². The van der Waals surface area contributed by atoms with Gasteiger partial charge < -0.3 is 0 Å². The standard InChI is InChI=1S/C7H8.Sn/c1-7-5-3-2-4-6-7;/h2-6H,1H3;. The normalized spacial score (nSPS) is 7.62. The van der Waals surface area contributed by atoms with Crippen LogP contribution in [0.25, 0.3) is 0 Å². The Morgan fingerprint density at radius 1 is 1.00 bits per heavy atom. The molecule has 0 N–H and O–H groups in total. The van der Waals surface area contributed by atoms with Crippen molar-refractivity contribution in [3.8, 4) is 0 Å². The average molecular weight is 211 g/mol. The summed E-state index contributed by atoms with van der Waals surface area (Å²) in [4.78, 5) is 0. The summed E-state index contributed by atoms with van der Waals surface area (Å²) in [7, 11) is 0. The first-order valence-corrected chi connectivity index (χ1v) is 2.41. The van der Waals surface area contributed by atoms with Crippen molar-refractivity contribution in [1.29, 1.82) is 0 Å². The molecule has 0 spiro atoms. The average Bonchev–Trinajstić information content (AvgIpc) is 1.69. The fourth-order valence-corrected chi connectivity index (χ4v) is 0.534. The molecule has 0 fully saturated rings. The number of hydrogen-bond acceptors (Lipinski definition) is 0. The summed E-state index contributed by atoms with van der Waals surface area (Å²) in [6, 6.07) is 10.3. The molecular weight excluding hydrogens is 203 g/mol. The van der Waals surface area contributed by atoms with Crippen LogP contribution in [0.4, 0.5) is 0 Å². The van der Waals surface area contributed by atoms with Gasteiger partial charge in [-0.2, -0.15) is 0 Å². The van der Waals surface area contributed by atoms with Gasteiger partial charge in [0.2, 0.25) is 0 Å². The van der Waals surface area contributed by atoms with Crippen molar-refractivity contribution in [2.75, 3.05) is 0 Å². The van der Waals surface area contributed by atoms with Crippen LogP contribution in [0.3, 0.4) is 0 Å². The van der Waals surface area contributed by atoms with E-state index in [9.17, 15) is 0 Å². The van der Waals surface area contributed by atoms with Crippen LogP contribution >= 0.6 is 0 Å². The quantitative estimate of drug-likeness (QED) is 0.571. The van der Waals surface area contributed by atoms with Gasteiger partial charge in [0.25, 0.3) is 0 Å². The van der Waals surface area contributed by atoms with Gasteiger partial charge in [-0.15, -0.1) is 0 Å². The molecule has 0 aliphatic heterocycles. The molecule has 1 heteroatoms. The van der Waals surface area contributed by atoms with Crippen LogP contribution in [0, 0.1) is 6.92 Å². The van der Waals surface area contributed by atoms with E-state index < -0.39 is 0 Å². The maximum atomic E-state index is 2.08. The maximum absolute atomic E-state index is 2.08. The molecule has 1 aromatic rings. The first kappa shape index (κ1) is 8.02. The minimum absolute atomic E-state index is 0. The van der Waals surface area contributed by atoms with Crippen molar-refractivity contribution >= 4 is 23.9 Å². The smallest absolute Gasteiger partial charge is 0 e. The molecule has 0 bridgehead atoms. The second-order valence-corrected chi connectivity index (χ2v) is 1.65. The summed E-state index contributed by atoms with van der Waals surface area (Å²) in [5.41, 5.74) is 1.32. The summed E-state index contributed by atoms with van der Waals surface area (Å²) in [5.74, 6) is 0. The van der Waals surface area contributed by atoms with Crippen LogP contribution < -0.4 is 0 Å². The molecular formula is C7H8Sn. The Labute approximate surface area is 66.9 Å². The van der Waals surface area contributed by atoms with Gasteiger partial charge in [0.05, 0.1) is 0 Å². The molecule has 0 amide bonds. The van der Waals surface area contributed by atoms with Gasteiger partial charge in [0.15, 0.2) is 0 Å². The van der Waals surface area contributed by atoms with Gasteiger partial charge in [-0.1, -0.05) is 35.9 Å². The molecule has 0 aliphatic rings. The number of rotatable bonds is 0. The van der Waals surface area contributed by atoms with Crippen LogP contribution in [0.2, 0.25) is 0 Å². The van der Waals surface area contributed by atoms with Gasteiger partial charge in [0, 0.05) is 23.9 Å². The number of benzene rings is 1. The summed E-state index contributed by atoms with van der Waals surface area (Å²) in [6.07, 6.45) is 0. The molecule has 0 aliphatic carbocycles. The Morgan fingerprint density at radius 2 is 1.50 bits per heavy atom. The second kappa shape index (κ2) is 3.95. The van der Waals surface area contributed by atoms with Crippen molar-refractivity contribution in [3.63, 3.8) is 0 Å². The van der Waals surface area contributed by atoms with Crippen molar-refractivity contribution in [2.24, 2.45) is 0 Å². The minimum Gasteiger partial charge on any atom is -0.0622 e. The van der Waals surface area contributed by atoms with Gasteiger partial charge in [-0.05, 0) is 6.92 Å². The van der Waals surface area contributed by atoms with Gasteiger partial charge in [-0.3, -0.25) is 0 Å². The third-order valence-electron chi connectivity index (χ3n) is 0.940. The SMILES string of the molecule is Cc1ccccc1.[Sn]. The van der Waals surface area contributed by atoms with E-state index >= 15 is 0 Å². The molecule has 0 saturated heterocycles. The molecule has 4 radical (unpaired) electrons. The van der Waals surface area contributed by atoms with Crippen molar-refractivity contribution in [3.05, 3.63) is 35.9 Å². The molecule has 40 valence electrons. The van der Waals surface area contributed by atoms with E-state index in [0.717, 1.165) is 0 Å². The first-order chi connectivity index (χ1) is 3.39. The first-order valence-electron chi connectivity index (χ1n) is 2.41. The zero-order chi connectivity index (χ0) is 5.11. The largest absolute Gasteiger partial charge is 0.0622 e. The monoisotopic (exact) mass is 212 g/mol. The van der Waals surface area contributed by atoms with Crippen LogP contribution in [0.1, 0.15) is 5.56 Å². The Kier molecular flexibility index (Phi) is 3.96. The summed E-state index contributed by atoms with van der Waals surface area (Å²) >= 11 is 0. The number of hydrogen-bond donors (Lipinski definition) is 0. The molecule has 8 heavy (non-hydrogen) atoms. The van der Waals surface area contributed by atoms with Crippen LogP contribution in [-0.2, 0) is 0 Å². The molecule has 1 rings (SSSR count). The molecule has 1 aromatic carbocycles. The zero-order valence-corrected chi connectivity index (χ0v) is 7.74. The molecule has 0 atom stereocenters. The Hall–Kier alpha value is 0.0187. The topological polar surface area (TPSA) is 0 Å². The van der Waals surface area contributed by atoms with E-state index in [1.165, 1.54) is 5.56 Å². The van der Waals surface area contributed by atoms with E-state index in [-0.39, 0.29) is 23.9 Å². The van der Waals surface area contributed by atoms with E-state index in [1.807, 2.05) is 18.2 Å². The molecule has 0 aromatic heterocycles. The molecule has 0 unspecified atom stereocenters. The van der Waals surface area contributed by atoms with E-state index in [1.54, 1.807) is 0 Å². The van der Waals surface area contributed by atoms with Crippen LogP contribution in [-0.4, -0.2) is 23.9 Å². The maximum Gasteiger partial charge on any atom is 0 e. The van der Waals surface area contributed by atoms with Crippen molar-refractivity contribution in [1.82, 2.24) is 0 Å². The van der Waals surface area contributed by atoms with Crippen LogP contribution in [0.5, 0.6) is 0 Å². The third-order valence-corrected chi connectivity index (χ3v) is 0.940.